The molecule has 6 nitrogen and oxygen atoms in total. The van der Waals surface area contributed by atoms with Gasteiger partial charge in [0.15, 0.2) is 0 Å². The van der Waals surface area contributed by atoms with Gasteiger partial charge >= 0.3 is 6.09 Å². The maximum absolute atomic E-state index is 11.8. The molecule has 1 amide bonds. The van der Waals surface area contributed by atoms with Crippen molar-refractivity contribution in [2.24, 2.45) is 0 Å². The topological polar surface area (TPSA) is 81.5 Å². The third-order valence-corrected chi connectivity index (χ3v) is 3.52. The second-order valence-corrected chi connectivity index (χ2v) is 4.98. The number of ether oxygens (including phenoxy) is 1. The highest BCUT2D eigenvalue weighted by atomic mass is 79.9. The Morgan fingerprint density at radius 2 is 1.86 bits per heavy atom. The van der Waals surface area contributed by atoms with Crippen LogP contribution in [0.1, 0.15) is 11.1 Å². The van der Waals surface area contributed by atoms with Gasteiger partial charge in [-0.25, -0.2) is 4.79 Å². The first kappa shape index (κ1) is 16.0. The van der Waals surface area contributed by atoms with E-state index in [0.717, 1.165) is 5.56 Å². The van der Waals surface area contributed by atoms with Crippen LogP contribution in [0.2, 0.25) is 0 Å². The normalized spacial score (nSPS) is 10.0. The predicted octanol–water partition coefficient (Wildman–Crippen LogP) is 4.24. The number of nitrogens with zero attached hydrogens (tertiary/aromatic N) is 1. The monoisotopic (exact) mass is 364 g/mol. The number of nitro benzene ring substituents is 1. The number of alkyl halides is 1. The fourth-order valence-electron chi connectivity index (χ4n) is 1.77. The summed E-state index contributed by atoms with van der Waals surface area (Å²) in [6.45, 7) is 0.0420. The highest BCUT2D eigenvalue weighted by Gasteiger charge is 2.08. The molecule has 2 aromatic rings. The van der Waals surface area contributed by atoms with Crippen LogP contribution in [0.5, 0.6) is 0 Å². The number of nitrogens with one attached hydrogen (secondary N) is 1. The highest BCUT2D eigenvalue weighted by Crippen LogP contribution is 2.18. The first-order valence-corrected chi connectivity index (χ1v) is 7.53. The molecule has 0 unspecified atom stereocenters. The average Bonchev–Trinajstić information content (AvgIpc) is 2.54. The van der Waals surface area contributed by atoms with Gasteiger partial charge in [-0.15, -0.1) is 0 Å². The number of non-ortho nitro benzene ring substituents is 1. The minimum absolute atomic E-state index is 0.000510. The molecule has 0 saturated carbocycles. The summed E-state index contributed by atoms with van der Waals surface area (Å²) in [4.78, 5) is 21.8. The van der Waals surface area contributed by atoms with Crippen LogP contribution >= 0.6 is 15.9 Å². The third-order valence-electron chi connectivity index (χ3n) is 2.92. The van der Waals surface area contributed by atoms with Gasteiger partial charge in [-0.2, -0.15) is 0 Å². The zero-order chi connectivity index (χ0) is 15.9. The Bertz CT molecular complexity index is 673. The van der Waals surface area contributed by atoms with Crippen molar-refractivity contribution < 1.29 is 14.5 Å². The van der Waals surface area contributed by atoms with E-state index in [0.29, 0.717) is 16.6 Å². The van der Waals surface area contributed by atoms with Crippen molar-refractivity contribution in [3.63, 3.8) is 0 Å². The maximum Gasteiger partial charge on any atom is 0.411 e. The number of para-hydroxylation sites is 1. The van der Waals surface area contributed by atoms with E-state index in [2.05, 4.69) is 21.2 Å². The predicted molar refractivity (Wildman–Crippen MR) is 86.0 cm³/mol. The molecule has 0 fully saturated rings. The van der Waals surface area contributed by atoms with E-state index in [9.17, 15) is 14.9 Å². The summed E-state index contributed by atoms with van der Waals surface area (Å²) >= 11 is 3.35. The number of carbonyl (C=O) groups is 1. The molecule has 0 aliphatic heterocycles. The van der Waals surface area contributed by atoms with Gasteiger partial charge in [-0.1, -0.05) is 34.1 Å². The van der Waals surface area contributed by atoms with Crippen molar-refractivity contribution in [1.82, 2.24) is 0 Å². The summed E-state index contributed by atoms with van der Waals surface area (Å²) in [6.07, 6.45) is -0.577. The van der Waals surface area contributed by atoms with Crippen molar-refractivity contribution in [2.75, 3.05) is 5.32 Å². The van der Waals surface area contributed by atoms with Gasteiger partial charge in [0.25, 0.3) is 5.69 Å². The number of benzene rings is 2. The van der Waals surface area contributed by atoms with Crippen molar-refractivity contribution in [1.29, 1.82) is 0 Å². The minimum Gasteiger partial charge on any atom is -0.444 e. The Balaban J connectivity index is 1.91. The largest absolute Gasteiger partial charge is 0.444 e. The van der Waals surface area contributed by atoms with E-state index in [4.69, 9.17) is 4.74 Å². The van der Waals surface area contributed by atoms with Crippen LogP contribution in [0.15, 0.2) is 48.5 Å². The molecule has 2 aromatic carbocycles. The summed E-state index contributed by atoms with van der Waals surface area (Å²) in [5.74, 6) is 0. The second kappa shape index (κ2) is 7.56. The van der Waals surface area contributed by atoms with Gasteiger partial charge in [0.05, 0.1) is 4.92 Å². The van der Waals surface area contributed by atoms with Gasteiger partial charge in [-0.05, 0) is 29.3 Å². The maximum atomic E-state index is 11.8. The Morgan fingerprint density at radius 3 is 2.50 bits per heavy atom. The van der Waals surface area contributed by atoms with Crippen molar-refractivity contribution in [2.45, 2.75) is 11.9 Å². The summed E-state index contributed by atoms with van der Waals surface area (Å²) in [5.41, 5.74) is 2.29. The molecule has 0 spiro atoms. The number of rotatable bonds is 5. The van der Waals surface area contributed by atoms with E-state index < -0.39 is 11.0 Å². The van der Waals surface area contributed by atoms with Crippen molar-refractivity contribution >= 4 is 33.4 Å². The molecule has 114 valence electrons. The van der Waals surface area contributed by atoms with E-state index in [1.165, 1.54) is 12.1 Å². The average molecular weight is 365 g/mol. The van der Waals surface area contributed by atoms with E-state index in [1.807, 2.05) is 18.2 Å². The van der Waals surface area contributed by atoms with Crippen LogP contribution < -0.4 is 5.32 Å². The number of carbonyl (C=O) groups excluding carboxylic acids is 1. The number of halogens is 1. The molecule has 2 rings (SSSR count). The highest BCUT2D eigenvalue weighted by molar-refractivity contribution is 9.08. The summed E-state index contributed by atoms with van der Waals surface area (Å²) in [6, 6.07) is 13.2. The van der Waals surface area contributed by atoms with Gasteiger partial charge < -0.3 is 4.74 Å². The molecule has 0 heterocycles. The summed E-state index contributed by atoms with van der Waals surface area (Å²) in [7, 11) is 0. The van der Waals surface area contributed by atoms with Crippen LogP contribution in [0, 0.1) is 10.1 Å². The SMILES string of the molecule is O=C(Nc1ccccc1CBr)OCc1ccc([N+](=O)[O-])cc1. The number of hydrogen-bond donors (Lipinski definition) is 1. The number of amides is 1. The lowest BCUT2D eigenvalue weighted by Gasteiger charge is -2.10. The molecule has 0 aromatic heterocycles. The molecular formula is C15H13BrN2O4. The minimum atomic E-state index is -0.577. The molecule has 0 saturated heterocycles. The fourth-order valence-corrected chi connectivity index (χ4v) is 2.26. The molecule has 22 heavy (non-hydrogen) atoms. The third kappa shape index (κ3) is 4.29. The standard InChI is InChI=1S/C15H13BrN2O4/c16-9-12-3-1-2-4-14(12)17-15(19)22-10-11-5-7-13(8-6-11)18(20)21/h1-8H,9-10H2,(H,17,19). The van der Waals surface area contributed by atoms with Crippen LogP contribution in [0.4, 0.5) is 16.2 Å². The van der Waals surface area contributed by atoms with E-state index >= 15 is 0 Å². The van der Waals surface area contributed by atoms with Gasteiger partial charge in [0.1, 0.15) is 6.61 Å². The first-order chi connectivity index (χ1) is 10.6. The molecule has 7 heteroatoms. The van der Waals surface area contributed by atoms with Crippen LogP contribution in [0.25, 0.3) is 0 Å². The van der Waals surface area contributed by atoms with Crippen LogP contribution in [-0.4, -0.2) is 11.0 Å². The fraction of sp³-hybridized carbons (Fsp3) is 0.133. The van der Waals surface area contributed by atoms with Gasteiger partial charge in [-0.3, -0.25) is 15.4 Å². The molecule has 0 aliphatic rings. The Morgan fingerprint density at radius 1 is 1.18 bits per heavy atom. The van der Waals surface area contributed by atoms with Gasteiger partial charge in [0, 0.05) is 23.2 Å². The van der Waals surface area contributed by atoms with Crippen LogP contribution in [-0.2, 0) is 16.7 Å². The first-order valence-electron chi connectivity index (χ1n) is 6.41. The lowest BCUT2D eigenvalue weighted by atomic mass is 10.2. The molecular weight excluding hydrogens is 352 g/mol. The smallest absolute Gasteiger partial charge is 0.411 e. The molecule has 0 aliphatic carbocycles. The Labute approximate surface area is 135 Å². The summed E-state index contributed by atoms with van der Waals surface area (Å²) in [5, 5.41) is 13.8. The molecule has 0 radical (unpaired) electrons. The van der Waals surface area contributed by atoms with Gasteiger partial charge in [0.2, 0.25) is 0 Å². The number of hydrogen-bond acceptors (Lipinski definition) is 4. The number of nitro groups is 1. The lowest BCUT2D eigenvalue weighted by molar-refractivity contribution is -0.384. The molecule has 1 N–H and O–H groups in total. The van der Waals surface area contributed by atoms with Crippen molar-refractivity contribution in [3.05, 3.63) is 69.8 Å². The van der Waals surface area contributed by atoms with Crippen molar-refractivity contribution in [3.8, 4) is 0 Å². The van der Waals surface area contributed by atoms with E-state index in [-0.39, 0.29) is 12.3 Å². The Kier molecular flexibility index (Phi) is 5.48. The number of anilines is 1. The second-order valence-electron chi connectivity index (χ2n) is 4.42. The molecule has 0 bridgehead atoms. The zero-order valence-electron chi connectivity index (χ0n) is 11.5. The quantitative estimate of drug-likeness (QED) is 0.488. The Hall–Kier alpha value is -2.41. The zero-order valence-corrected chi connectivity index (χ0v) is 13.1. The lowest BCUT2D eigenvalue weighted by Crippen LogP contribution is -2.14. The van der Waals surface area contributed by atoms with E-state index in [1.54, 1.807) is 18.2 Å². The summed E-state index contributed by atoms with van der Waals surface area (Å²) < 4.78 is 5.10. The molecule has 0 atom stereocenters. The van der Waals surface area contributed by atoms with Crippen LogP contribution in [0.3, 0.4) is 0 Å².